The number of aromatic nitrogens is 1. The first kappa shape index (κ1) is 9.95. The van der Waals surface area contributed by atoms with Gasteiger partial charge in [0.1, 0.15) is 17.0 Å². The first-order chi connectivity index (χ1) is 8.77. The zero-order valence-electron chi connectivity index (χ0n) is 9.80. The van der Waals surface area contributed by atoms with Crippen LogP contribution >= 0.6 is 0 Å². The number of allylic oxidation sites excluding steroid dienone is 2. The van der Waals surface area contributed by atoms with E-state index in [9.17, 15) is 10.2 Å². The summed E-state index contributed by atoms with van der Waals surface area (Å²) in [4.78, 5) is 4.20. The van der Waals surface area contributed by atoms with E-state index >= 15 is 0 Å². The molecule has 0 saturated heterocycles. The molecule has 90 valence electrons. The van der Waals surface area contributed by atoms with E-state index < -0.39 is 0 Å². The fourth-order valence-corrected chi connectivity index (χ4v) is 3.36. The normalized spacial score (nSPS) is 24.4. The molecule has 3 aliphatic rings. The Morgan fingerprint density at radius 2 is 1.67 bits per heavy atom. The van der Waals surface area contributed by atoms with Gasteiger partial charge in [-0.3, -0.25) is 4.98 Å². The maximum Gasteiger partial charge on any atom is 0.146 e. The molecule has 0 aliphatic heterocycles. The van der Waals surface area contributed by atoms with Crippen LogP contribution in [0, 0.1) is 0 Å². The molecule has 0 saturated carbocycles. The molecule has 1 aromatic heterocycles. The minimum atomic E-state index is 0.224. The predicted octanol–water partition coefficient (Wildman–Crippen LogP) is 3.18. The molecule has 1 heterocycles. The highest BCUT2D eigenvalue weighted by atomic mass is 16.3. The van der Waals surface area contributed by atoms with E-state index in [1.165, 1.54) is 0 Å². The van der Waals surface area contributed by atoms with Gasteiger partial charge in [-0.05, 0) is 25.0 Å². The second-order valence-electron chi connectivity index (χ2n) is 5.10. The van der Waals surface area contributed by atoms with Crippen LogP contribution in [0.3, 0.4) is 0 Å². The first-order valence-corrected chi connectivity index (χ1v) is 6.28. The summed E-state index contributed by atoms with van der Waals surface area (Å²) in [6, 6.07) is 3.59. The fourth-order valence-electron chi connectivity index (χ4n) is 3.36. The van der Waals surface area contributed by atoms with E-state index in [1.54, 1.807) is 12.3 Å². The molecule has 2 aromatic rings. The average molecular weight is 239 g/mol. The van der Waals surface area contributed by atoms with Crippen LogP contribution in [0.1, 0.15) is 35.8 Å². The molecule has 5 rings (SSSR count). The van der Waals surface area contributed by atoms with Gasteiger partial charge in [0.25, 0.3) is 0 Å². The summed E-state index contributed by atoms with van der Waals surface area (Å²) >= 11 is 0. The van der Waals surface area contributed by atoms with Crippen molar-refractivity contribution in [3.8, 4) is 11.5 Å². The first-order valence-electron chi connectivity index (χ1n) is 6.28. The number of hydrogen-bond acceptors (Lipinski definition) is 3. The monoisotopic (exact) mass is 239 g/mol. The molecule has 2 N–H and O–H groups in total. The average Bonchev–Trinajstić information content (AvgIpc) is 2.45. The Hall–Kier alpha value is -2.03. The van der Waals surface area contributed by atoms with E-state index in [-0.39, 0.29) is 17.6 Å². The lowest BCUT2D eigenvalue weighted by atomic mass is 9.70. The molecule has 2 unspecified atom stereocenters. The third kappa shape index (κ3) is 1.07. The number of phenolic OH excluding ortho intramolecular Hbond substituents is 2. The van der Waals surface area contributed by atoms with Crippen LogP contribution in [0.25, 0.3) is 10.9 Å². The number of phenols is 2. The summed E-state index contributed by atoms with van der Waals surface area (Å²) in [5, 5.41) is 21.5. The number of pyridine rings is 1. The Morgan fingerprint density at radius 3 is 2.33 bits per heavy atom. The highest BCUT2D eigenvalue weighted by molar-refractivity contribution is 5.93. The highest BCUT2D eigenvalue weighted by Gasteiger charge is 2.35. The minimum Gasteiger partial charge on any atom is -0.507 e. The molecule has 3 heteroatoms. The summed E-state index contributed by atoms with van der Waals surface area (Å²) in [6.07, 6.45) is 8.03. The number of rotatable bonds is 0. The highest BCUT2D eigenvalue weighted by Crippen LogP contribution is 2.54. The molecule has 2 atom stereocenters. The second kappa shape index (κ2) is 3.25. The van der Waals surface area contributed by atoms with Gasteiger partial charge in [0.2, 0.25) is 0 Å². The van der Waals surface area contributed by atoms with Crippen molar-refractivity contribution in [2.75, 3.05) is 0 Å². The molecule has 0 amide bonds. The minimum absolute atomic E-state index is 0.224. The summed E-state index contributed by atoms with van der Waals surface area (Å²) in [6.45, 7) is 0. The third-order valence-electron chi connectivity index (χ3n) is 4.19. The molecule has 0 fully saturated rings. The summed E-state index contributed by atoms with van der Waals surface area (Å²) in [7, 11) is 0. The predicted molar refractivity (Wildman–Crippen MR) is 68.9 cm³/mol. The summed E-state index contributed by atoms with van der Waals surface area (Å²) < 4.78 is 0. The van der Waals surface area contributed by atoms with Gasteiger partial charge in [-0.1, -0.05) is 12.2 Å². The van der Waals surface area contributed by atoms with E-state index in [2.05, 4.69) is 17.1 Å². The van der Waals surface area contributed by atoms with Crippen LogP contribution in [0.15, 0.2) is 30.5 Å². The Kier molecular flexibility index (Phi) is 1.80. The number of fused-ring (bicyclic) bond motifs is 2. The lowest BCUT2D eigenvalue weighted by Gasteiger charge is -2.34. The lowest BCUT2D eigenvalue weighted by molar-refractivity contribution is 0.428. The SMILES string of the molecule is Oc1c2c(c(O)c3ncccc13)C1C=CC2CC1. The Morgan fingerprint density at radius 1 is 1.00 bits per heavy atom. The zero-order valence-corrected chi connectivity index (χ0v) is 9.80. The molecule has 2 bridgehead atoms. The van der Waals surface area contributed by atoms with Crippen LogP contribution in [-0.4, -0.2) is 15.2 Å². The van der Waals surface area contributed by atoms with Crippen molar-refractivity contribution in [2.24, 2.45) is 0 Å². The van der Waals surface area contributed by atoms with E-state index in [4.69, 9.17) is 0 Å². The van der Waals surface area contributed by atoms with Crippen molar-refractivity contribution in [1.29, 1.82) is 0 Å². The summed E-state index contributed by atoms with van der Waals surface area (Å²) in [5.41, 5.74) is 2.30. The van der Waals surface area contributed by atoms with Gasteiger partial charge in [0, 0.05) is 34.5 Å². The van der Waals surface area contributed by atoms with E-state index in [0.29, 0.717) is 16.7 Å². The second-order valence-corrected chi connectivity index (χ2v) is 5.10. The molecule has 18 heavy (non-hydrogen) atoms. The standard InChI is InChI=1S/C15H13NO2/c17-14-10-2-1-7-16-13(10)15(18)12-9-5-3-8(4-6-9)11(12)14/h1-3,5,7-9,17-18H,4,6H2. The van der Waals surface area contributed by atoms with Crippen molar-refractivity contribution >= 4 is 10.9 Å². The van der Waals surface area contributed by atoms with Crippen molar-refractivity contribution in [2.45, 2.75) is 24.7 Å². The Labute approximate surface area is 104 Å². The number of hydrogen-bond donors (Lipinski definition) is 2. The van der Waals surface area contributed by atoms with E-state index in [0.717, 1.165) is 24.0 Å². The van der Waals surface area contributed by atoms with Gasteiger partial charge >= 0.3 is 0 Å². The van der Waals surface area contributed by atoms with Crippen LogP contribution in [0.5, 0.6) is 11.5 Å². The Bertz CT molecular complexity index is 632. The summed E-state index contributed by atoms with van der Waals surface area (Å²) in [5.74, 6) is 1.00. The molecular formula is C15H13NO2. The largest absolute Gasteiger partial charge is 0.507 e. The van der Waals surface area contributed by atoms with Crippen molar-refractivity contribution < 1.29 is 10.2 Å². The Balaban J connectivity index is 2.18. The smallest absolute Gasteiger partial charge is 0.146 e. The van der Waals surface area contributed by atoms with Crippen molar-refractivity contribution in [3.63, 3.8) is 0 Å². The maximum atomic E-state index is 10.5. The zero-order chi connectivity index (χ0) is 12.3. The van der Waals surface area contributed by atoms with Gasteiger partial charge < -0.3 is 10.2 Å². The number of benzene rings is 1. The van der Waals surface area contributed by atoms with Crippen LogP contribution in [-0.2, 0) is 0 Å². The van der Waals surface area contributed by atoms with Crippen LogP contribution < -0.4 is 0 Å². The molecular weight excluding hydrogens is 226 g/mol. The molecule has 0 radical (unpaired) electrons. The topological polar surface area (TPSA) is 53.4 Å². The third-order valence-corrected chi connectivity index (χ3v) is 4.19. The van der Waals surface area contributed by atoms with Gasteiger partial charge in [-0.2, -0.15) is 0 Å². The van der Waals surface area contributed by atoms with Gasteiger partial charge in [-0.15, -0.1) is 0 Å². The van der Waals surface area contributed by atoms with Crippen molar-refractivity contribution in [3.05, 3.63) is 41.6 Å². The number of nitrogens with zero attached hydrogens (tertiary/aromatic N) is 1. The molecule has 1 aromatic carbocycles. The maximum absolute atomic E-state index is 10.5. The quantitative estimate of drug-likeness (QED) is 0.548. The molecule has 0 spiro atoms. The van der Waals surface area contributed by atoms with Gasteiger partial charge in [-0.25, -0.2) is 0 Å². The van der Waals surface area contributed by atoms with Gasteiger partial charge in [0.15, 0.2) is 0 Å². The van der Waals surface area contributed by atoms with Gasteiger partial charge in [0.05, 0.1) is 0 Å². The van der Waals surface area contributed by atoms with E-state index in [1.807, 2.05) is 6.07 Å². The van der Waals surface area contributed by atoms with Crippen LogP contribution in [0.2, 0.25) is 0 Å². The fraction of sp³-hybridized carbons (Fsp3) is 0.267. The van der Waals surface area contributed by atoms with Crippen molar-refractivity contribution in [1.82, 2.24) is 4.98 Å². The number of aromatic hydroxyl groups is 2. The van der Waals surface area contributed by atoms with Crippen LogP contribution in [0.4, 0.5) is 0 Å². The lowest BCUT2D eigenvalue weighted by Crippen LogP contribution is -2.17. The molecule has 3 aliphatic carbocycles. The molecule has 3 nitrogen and oxygen atoms in total.